The summed E-state index contributed by atoms with van der Waals surface area (Å²) in [5.74, 6) is -0.261. The van der Waals surface area contributed by atoms with E-state index in [4.69, 9.17) is 10.00 Å². The van der Waals surface area contributed by atoms with Crippen LogP contribution in [0.4, 0.5) is 10.1 Å². The van der Waals surface area contributed by atoms with Gasteiger partial charge in [0.1, 0.15) is 23.2 Å². The zero-order valence-corrected chi connectivity index (χ0v) is 11.8. The van der Waals surface area contributed by atoms with Crippen molar-refractivity contribution in [2.24, 2.45) is 0 Å². The molecule has 0 bridgehead atoms. The van der Waals surface area contributed by atoms with E-state index in [1.807, 2.05) is 6.07 Å². The Balaban J connectivity index is 2.15. The molecule has 0 spiro atoms. The number of benzene rings is 2. The highest BCUT2D eigenvalue weighted by atomic mass is 19.1. The Morgan fingerprint density at radius 2 is 1.82 bits per heavy atom. The number of amides is 1. The van der Waals surface area contributed by atoms with Crippen molar-refractivity contribution in [3.05, 3.63) is 65.5 Å². The van der Waals surface area contributed by atoms with Gasteiger partial charge in [0.2, 0.25) is 0 Å². The van der Waals surface area contributed by atoms with Gasteiger partial charge in [-0.2, -0.15) is 5.26 Å². The number of carbonyl (C=O) groups excluding carboxylic acids is 1. The molecule has 1 amide bonds. The van der Waals surface area contributed by atoms with Crippen molar-refractivity contribution >= 4 is 17.7 Å². The molecule has 5 heteroatoms. The van der Waals surface area contributed by atoms with Crippen LogP contribution in [0.3, 0.4) is 0 Å². The summed E-state index contributed by atoms with van der Waals surface area (Å²) in [6.07, 6.45) is 1.47. The molecule has 2 aromatic rings. The van der Waals surface area contributed by atoms with Crippen molar-refractivity contribution in [1.82, 2.24) is 0 Å². The van der Waals surface area contributed by atoms with E-state index in [-0.39, 0.29) is 5.57 Å². The number of halogens is 1. The number of ether oxygens (including phenoxy) is 1. The fourth-order valence-corrected chi connectivity index (χ4v) is 1.75. The Morgan fingerprint density at radius 3 is 2.36 bits per heavy atom. The number of nitrogens with one attached hydrogen (secondary N) is 1. The molecule has 0 heterocycles. The minimum Gasteiger partial charge on any atom is -0.497 e. The molecule has 0 fully saturated rings. The molecule has 0 aliphatic carbocycles. The zero-order chi connectivity index (χ0) is 15.9. The Hall–Kier alpha value is -3.13. The molecule has 0 aliphatic rings. The Bertz CT molecular complexity index is 729. The van der Waals surface area contributed by atoms with Gasteiger partial charge in [-0.1, -0.05) is 12.1 Å². The van der Waals surface area contributed by atoms with Crippen LogP contribution in [0, 0.1) is 17.1 Å². The number of hydrogen-bond acceptors (Lipinski definition) is 3. The van der Waals surface area contributed by atoms with E-state index in [2.05, 4.69) is 5.32 Å². The third-order valence-electron chi connectivity index (χ3n) is 2.89. The van der Waals surface area contributed by atoms with Crippen molar-refractivity contribution in [2.45, 2.75) is 0 Å². The van der Waals surface area contributed by atoms with Crippen molar-refractivity contribution in [3.63, 3.8) is 0 Å². The Labute approximate surface area is 127 Å². The van der Waals surface area contributed by atoms with Crippen LogP contribution in [0.25, 0.3) is 6.08 Å². The molecule has 22 heavy (non-hydrogen) atoms. The summed E-state index contributed by atoms with van der Waals surface area (Å²) in [5, 5.41) is 11.7. The highest BCUT2D eigenvalue weighted by Crippen LogP contribution is 2.15. The number of anilines is 1. The minimum atomic E-state index is -0.551. The van der Waals surface area contributed by atoms with Crippen molar-refractivity contribution in [3.8, 4) is 11.8 Å². The third-order valence-corrected chi connectivity index (χ3v) is 2.89. The molecule has 2 aromatic carbocycles. The van der Waals surface area contributed by atoms with E-state index in [0.29, 0.717) is 17.0 Å². The second-order valence-corrected chi connectivity index (χ2v) is 4.40. The van der Waals surface area contributed by atoms with Crippen LogP contribution in [-0.2, 0) is 4.79 Å². The van der Waals surface area contributed by atoms with E-state index in [1.54, 1.807) is 31.4 Å². The number of nitrogens with zero attached hydrogens (tertiary/aromatic N) is 1. The first-order chi connectivity index (χ1) is 10.6. The molecule has 0 atom stereocenters. The monoisotopic (exact) mass is 296 g/mol. The molecular formula is C17H13FN2O2. The molecule has 2 rings (SSSR count). The molecule has 4 nitrogen and oxygen atoms in total. The topological polar surface area (TPSA) is 62.1 Å². The average Bonchev–Trinajstić information content (AvgIpc) is 2.55. The number of nitriles is 1. The van der Waals surface area contributed by atoms with Crippen LogP contribution < -0.4 is 10.1 Å². The number of rotatable bonds is 4. The van der Waals surface area contributed by atoms with Gasteiger partial charge in [-0.3, -0.25) is 4.79 Å². The van der Waals surface area contributed by atoms with E-state index in [0.717, 1.165) is 0 Å². The first kappa shape index (κ1) is 15.3. The van der Waals surface area contributed by atoms with Gasteiger partial charge in [0.05, 0.1) is 7.11 Å². The molecule has 0 aliphatic heterocycles. The van der Waals surface area contributed by atoms with Crippen molar-refractivity contribution in [2.75, 3.05) is 12.4 Å². The molecule has 110 valence electrons. The van der Waals surface area contributed by atoms with E-state index in [1.165, 1.54) is 30.3 Å². The van der Waals surface area contributed by atoms with Gasteiger partial charge >= 0.3 is 0 Å². The van der Waals surface area contributed by atoms with Crippen molar-refractivity contribution in [1.29, 1.82) is 5.26 Å². The minimum absolute atomic E-state index is 0.0468. The SMILES string of the molecule is COc1ccc(/C=C(/C#N)C(=O)Nc2ccc(F)cc2)cc1. The number of hydrogen-bond donors (Lipinski definition) is 1. The maximum atomic E-state index is 12.8. The molecular weight excluding hydrogens is 283 g/mol. The highest BCUT2D eigenvalue weighted by Gasteiger charge is 2.09. The smallest absolute Gasteiger partial charge is 0.266 e. The lowest BCUT2D eigenvalue weighted by atomic mass is 10.1. The maximum absolute atomic E-state index is 12.8. The van der Waals surface area contributed by atoms with Gasteiger partial charge in [0.25, 0.3) is 5.91 Å². The maximum Gasteiger partial charge on any atom is 0.266 e. The molecule has 1 N–H and O–H groups in total. The summed E-state index contributed by atoms with van der Waals surface area (Å²) < 4.78 is 17.9. The summed E-state index contributed by atoms with van der Waals surface area (Å²) in [6.45, 7) is 0. The molecule has 0 saturated heterocycles. The number of methoxy groups -OCH3 is 1. The Kier molecular flexibility index (Phi) is 4.89. The fourth-order valence-electron chi connectivity index (χ4n) is 1.75. The summed E-state index contributed by atoms with van der Waals surface area (Å²) in [7, 11) is 1.56. The van der Waals surface area contributed by atoms with Gasteiger partial charge in [-0.15, -0.1) is 0 Å². The van der Waals surface area contributed by atoms with Gasteiger partial charge < -0.3 is 10.1 Å². The summed E-state index contributed by atoms with van der Waals surface area (Å²) >= 11 is 0. The number of carbonyl (C=O) groups is 1. The third kappa shape index (κ3) is 3.93. The zero-order valence-electron chi connectivity index (χ0n) is 11.8. The summed E-state index contributed by atoms with van der Waals surface area (Å²) in [5.41, 5.74) is 1.07. The van der Waals surface area contributed by atoms with Gasteiger partial charge in [0, 0.05) is 5.69 Å². The highest BCUT2D eigenvalue weighted by molar-refractivity contribution is 6.09. The second-order valence-electron chi connectivity index (χ2n) is 4.40. The average molecular weight is 296 g/mol. The lowest BCUT2D eigenvalue weighted by Crippen LogP contribution is -2.13. The second kappa shape index (κ2) is 7.04. The quantitative estimate of drug-likeness (QED) is 0.695. The lowest BCUT2D eigenvalue weighted by molar-refractivity contribution is -0.112. The van der Waals surface area contributed by atoms with Crippen LogP contribution >= 0.6 is 0 Å². The predicted molar refractivity (Wildman–Crippen MR) is 81.6 cm³/mol. The van der Waals surface area contributed by atoms with Crippen LogP contribution in [0.15, 0.2) is 54.1 Å². The van der Waals surface area contributed by atoms with Crippen molar-refractivity contribution < 1.29 is 13.9 Å². The molecule has 0 saturated carbocycles. The molecule has 0 aromatic heterocycles. The Morgan fingerprint density at radius 1 is 1.18 bits per heavy atom. The normalized spacial score (nSPS) is 10.7. The van der Waals surface area contributed by atoms with E-state index < -0.39 is 11.7 Å². The first-order valence-corrected chi connectivity index (χ1v) is 6.45. The summed E-state index contributed by atoms with van der Waals surface area (Å²) in [4.78, 5) is 12.0. The van der Waals surface area contributed by atoms with Gasteiger partial charge in [-0.05, 0) is 48.0 Å². The first-order valence-electron chi connectivity index (χ1n) is 6.45. The van der Waals surface area contributed by atoms with Gasteiger partial charge in [0.15, 0.2) is 0 Å². The van der Waals surface area contributed by atoms with E-state index in [9.17, 15) is 9.18 Å². The molecule has 0 unspecified atom stereocenters. The van der Waals surface area contributed by atoms with Crippen LogP contribution in [0.1, 0.15) is 5.56 Å². The summed E-state index contributed by atoms with van der Waals surface area (Å²) in [6, 6.07) is 14.1. The predicted octanol–water partition coefficient (Wildman–Crippen LogP) is 3.38. The van der Waals surface area contributed by atoms with Crippen LogP contribution in [0.5, 0.6) is 5.75 Å². The van der Waals surface area contributed by atoms with Crippen LogP contribution in [0.2, 0.25) is 0 Å². The standard InChI is InChI=1S/C17H13FN2O2/c1-22-16-8-2-12(3-9-16)10-13(11-19)17(21)20-15-6-4-14(18)5-7-15/h2-10H,1H3,(H,20,21)/b13-10-. The lowest BCUT2D eigenvalue weighted by Gasteiger charge is -2.04. The van der Waals surface area contributed by atoms with E-state index >= 15 is 0 Å². The van der Waals surface area contributed by atoms with Crippen LogP contribution in [-0.4, -0.2) is 13.0 Å². The largest absolute Gasteiger partial charge is 0.497 e. The molecule has 0 radical (unpaired) electrons. The van der Waals surface area contributed by atoms with Gasteiger partial charge in [-0.25, -0.2) is 4.39 Å². The fraction of sp³-hybridized carbons (Fsp3) is 0.0588.